The second-order valence-electron chi connectivity index (χ2n) is 6.98. The fourth-order valence-corrected chi connectivity index (χ4v) is 2.22. The average Bonchev–Trinajstić information content (AvgIpc) is 2.78. The molecule has 0 aromatic heterocycles. The van der Waals surface area contributed by atoms with Crippen molar-refractivity contribution in [3.63, 3.8) is 0 Å². The van der Waals surface area contributed by atoms with E-state index in [-0.39, 0.29) is 11.3 Å². The summed E-state index contributed by atoms with van der Waals surface area (Å²) in [5.41, 5.74) is -0.398. The van der Waals surface area contributed by atoms with E-state index in [4.69, 9.17) is 5.11 Å². The first-order valence-electron chi connectivity index (χ1n) is 6.52. The number of hydrogen-bond donors (Lipinski definition) is 2. The Morgan fingerprint density at radius 1 is 1.28 bits per heavy atom. The molecule has 2 unspecified atom stereocenters. The predicted octanol–water partition coefficient (Wildman–Crippen LogP) is 2.14. The summed E-state index contributed by atoms with van der Waals surface area (Å²) < 4.78 is 0. The predicted molar refractivity (Wildman–Crippen MR) is 70.0 cm³/mol. The molecule has 4 nitrogen and oxygen atoms in total. The van der Waals surface area contributed by atoms with Gasteiger partial charge in [0.25, 0.3) is 0 Å². The fraction of sp³-hybridized carbons (Fsp3) is 0.857. The van der Waals surface area contributed by atoms with Gasteiger partial charge in [-0.05, 0) is 16.7 Å². The molecule has 1 aliphatic carbocycles. The van der Waals surface area contributed by atoms with E-state index in [1.165, 1.54) is 0 Å². The molecule has 1 fully saturated rings. The SMILES string of the molecule is CC(C)C(C)(C)CNC(=O)C1C(C(=O)O)C1(C)C. The first kappa shape index (κ1) is 15.0. The molecule has 0 radical (unpaired) electrons. The van der Waals surface area contributed by atoms with E-state index in [9.17, 15) is 9.59 Å². The van der Waals surface area contributed by atoms with E-state index >= 15 is 0 Å². The minimum atomic E-state index is -0.872. The highest BCUT2D eigenvalue weighted by molar-refractivity contribution is 5.91. The standard InChI is InChI=1S/C14H25NO3/c1-8(2)13(3,4)7-15-11(16)9-10(12(17)18)14(9,5)6/h8-10H,7H2,1-6H3,(H,15,16)(H,17,18). The molecule has 104 valence electrons. The van der Waals surface area contributed by atoms with Gasteiger partial charge >= 0.3 is 5.97 Å². The lowest BCUT2D eigenvalue weighted by atomic mass is 9.81. The third kappa shape index (κ3) is 2.68. The number of nitrogens with one attached hydrogen (secondary N) is 1. The van der Waals surface area contributed by atoms with Crippen LogP contribution in [0.4, 0.5) is 0 Å². The lowest BCUT2D eigenvalue weighted by Gasteiger charge is -2.29. The van der Waals surface area contributed by atoms with Crippen LogP contribution in [0.1, 0.15) is 41.5 Å². The molecule has 4 heteroatoms. The number of hydrogen-bond acceptors (Lipinski definition) is 2. The van der Waals surface area contributed by atoms with Crippen LogP contribution in [0.2, 0.25) is 0 Å². The maximum absolute atomic E-state index is 12.0. The van der Waals surface area contributed by atoms with Crippen LogP contribution in [0.25, 0.3) is 0 Å². The van der Waals surface area contributed by atoms with E-state index in [0.717, 1.165) is 0 Å². The molecule has 1 rings (SSSR count). The summed E-state index contributed by atoms with van der Waals surface area (Å²) in [6, 6.07) is 0. The Morgan fingerprint density at radius 3 is 2.11 bits per heavy atom. The number of carbonyl (C=O) groups excluding carboxylic acids is 1. The van der Waals surface area contributed by atoms with E-state index in [2.05, 4.69) is 33.0 Å². The van der Waals surface area contributed by atoms with Gasteiger partial charge in [0.2, 0.25) is 5.91 Å². The highest BCUT2D eigenvalue weighted by atomic mass is 16.4. The molecule has 1 saturated carbocycles. The highest BCUT2D eigenvalue weighted by Gasteiger charge is 2.65. The topological polar surface area (TPSA) is 66.4 Å². The number of carboxylic acids is 1. The van der Waals surface area contributed by atoms with Crippen molar-refractivity contribution in [1.29, 1.82) is 0 Å². The van der Waals surface area contributed by atoms with Gasteiger partial charge in [-0.15, -0.1) is 0 Å². The number of rotatable bonds is 5. The molecule has 0 heterocycles. The summed E-state index contributed by atoms with van der Waals surface area (Å²) >= 11 is 0. The van der Waals surface area contributed by atoms with Gasteiger partial charge in [-0.2, -0.15) is 0 Å². The summed E-state index contributed by atoms with van der Waals surface area (Å²) in [7, 11) is 0. The Hall–Kier alpha value is -1.06. The van der Waals surface area contributed by atoms with Crippen LogP contribution in [-0.2, 0) is 9.59 Å². The fourth-order valence-electron chi connectivity index (χ4n) is 2.22. The van der Waals surface area contributed by atoms with Crippen LogP contribution in [0.3, 0.4) is 0 Å². The van der Waals surface area contributed by atoms with Gasteiger partial charge in [-0.1, -0.05) is 41.5 Å². The molecule has 0 saturated heterocycles. The molecule has 0 aromatic carbocycles. The molecule has 0 aliphatic heterocycles. The van der Waals surface area contributed by atoms with Crippen molar-refractivity contribution in [3.05, 3.63) is 0 Å². The van der Waals surface area contributed by atoms with Crippen molar-refractivity contribution in [2.24, 2.45) is 28.6 Å². The third-order valence-corrected chi connectivity index (χ3v) is 4.66. The molecule has 1 amide bonds. The van der Waals surface area contributed by atoms with Crippen molar-refractivity contribution < 1.29 is 14.7 Å². The summed E-state index contributed by atoms with van der Waals surface area (Å²) in [5.74, 6) is -1.47. The highest BCUT2D eigenvalue weighted by Crippen LogP contribution is 2.58. The van der Waals surface area contributed by atoms with Gasteiger partial charge < -0.3 is 10.4 Å². The molecule has 0 aromatic rings. The second-order valence-corrected chi connectivity index (χ2v) is 6.98. The minimum absolute atomic E-state index is 0.0212. The number of aliphatic carboxylic acids is 1. The molecular formula is C14H25NO3. The molecule has 18 heavy (non-hydrogen) atoms. The number of carboxylic acid groups (broad SMARTS) is 1. The number of carbonyl (C=O) groups is 2. The van der Waals surface area contributed by atoms with Crippen LogP contribution in [0.5, 0.6) is 0 Å². The quantitative estimate of drug-likeness (QED) is 0.791. The number of amides is 1. The monoisotopic (exact) mass is 255 g/mol. The van der Waals surface area contributed by atoms with Crippen LogP contribution in [0, 0.1) is 28.6 Å². The lowest BCUT2D eigenvalue weighted by molar-refractivity contribution is -0.140. The van der Waals surface area contributed by atoms with E-state index < -0.39 is 23.2 Å². The van der Waals surface area contributed by atoms with Gasteiger partial charge in [0.1, 0.15) is 0 Å². The van der Waals surface area contributed by atoms with Gasteiger partial charge in [0.05, 0.1) is 11.8 Å². The normalized spacial score (nSPS) is 25.9. The van der Waals surface area contributed by atoms with Crippen LogP contribution in [-0.4, -0.2) is 23.5 Å². The molecule has 0 bridgehead atoms. The first-order chi connectivity index (χ1) is 8.01. The second kappa shape index (κ2) is 4.56. The van der Waals surface area contributed by atoms with Crippen molar-refractivity contribution in [3.8, 4) is 0 Å². The zero-order valence-electron chi connectivity index (χ0n) is 12.2. The smallest absolute Gasteiger partial charge is 0.307 e. The van der Waals surface area contributed by atoms with Gasteiger partial charge in [0, 0.05) is 6.54 Å². The Labute approximate surface area is 109 Å². The minimum Gasteiger partial charge on any atom is -0.481 e. The van der Waals surface area contributed by atoms with Crippen molar-refractivity contribution >= 4 is 11.9 Å². The maximum atomic E-state index is 12.0. The lowest BCUT2D eigenvalue weighted by Crippen LogP contribution is -2.38. The van der Waals surface area contributed by atoms with E-state index in [1.807, 2.05) is 13.8 Å². The van der Waals surface area contributed by atoms with Gasteiger partial charge in [-0.25, -0.2) is 0 Å². The average molecular weight is 255 g/mol. The summed E-state index contributed by atoms with van der Waals surface area (Å²) in [4.78, 5) is 23.1. The summed E-state index contributed by atoms with van der Waals surface area (Å²) in [5, 5.41) is 11.9. The largest absolute Gasteiger partial charge is 0.481 e. The van der Waals surface area contributed by atoms with Crippen molar-refractivity contribution in [2.75, 3.05) is 6.54 Å². The molecule has 2 N–H and O–H groups in total. The third-order valence-electron chi connectivity index (χ3n) is 4.66. The van der Waals surface area contributed by atoms with Crippen LogP contribution < -0.4 is 5.32 Å². The Morgan fingerprint density at radius 2 is 1.78 bits per heavy atom. The van der Waals surface area contributed by atoms with E-state index in [1.54, 1.807) is 0 Å². The zero-order valence-corrected chi connectivity index (χ0v) is 12.2. The van der Waals surface area contributed by atoms with E-state index in [0.29, 0.717) is 12.5 Å². The van der Waals surface area contributed by atoms with Crippen molar-refractivity contribution in [1.82, 2.24) is 5.32 Å². The summed E-state index contributed by atoms with van der Waals surface area (Å²) in [6.45, 7) is 12.7. The van der Waals surface area contributed by atoms with Gasteiger partial charge in [0.15, 0.2) is 0 Å². The Kier molecular flexibility index (Phi) is 3.80. The summed E-state index contributed by atoms with van der Waals surface area (Å²) in [6.07, 6.45) is 0. The molecule has 1 aliphatic rings. The maximum Gasteiger partial charge on any atom is 0.307 e. The first-order valence-corrected chi connectivity index (χ1v) is 6.52. The zero-order chi connectivity index (χ0) is 14.3. The molecule has 2 atom stereocenters. The van der Waals surface area contributed by atoms with Crippen LogP contribution >= 0.6 is 0 Å². The Bertz CT molecular complexity index is 358. The van der Waals surface area contributed by atoms with Gasteiger partial charge in [-0.3, -0.25) is 9.59 Å². The molecule has 0 spiro atoms. The Balaban J connectivity index is 2.57. The molecular weight excluding hydrogens is 230 g/mol. The van der Waals surface area contributed by atoms with Crippen molar-refractivity contribution in [2.45, 2.75) is 41.5 Å². The van der Waals surface area contributed by atoms with Crippen LogP contribution in [0.15, 0.2) is 0 Å².